The van der Waals surface area contributed by atoms with Crippen molar-refractivity contribution >= 4 is 0 Å². The van der Waals surface area contributed by atoms with Crippen LogP contribution in [-0.4, -0.2) is 18.2 Å². The first-order chi connectivity index (χ1) is 8.24. The van der Waals surface area contributed by atoms with Crippen LogP contribution in [0.3, 0.4) is 0 Å². The minimum Gasteiger partial charge on any atom is -0.387 e. The number of hydrogen-bond donors (Lipinski definition) is 2. The largest absolute Gasteiger partial charge is 0.387 e. The second kappa shape index (κ2) is 8.20. The van der Waals surface area contributed by atoms with Crippen molar-refractivity contribution in [1.29, 1.82) is 0 Å². The molecule has 3 heteroatoms. The Morgan fingerprint density at radius 2 is 2.12 bits per heavy atom. The summed E-state index contributed by atoms with van der Waals surface area (Å²) in [5, 5.41) is 13.0. The molecule has 0 bridgehead atoms. The fourth-order valence-corrected chi connectivity index (χ4v) is 1.75. The monoisotopic (exact) mass is 239 g/mol. The number of aliphatic hydroxyl groups is 1. The van der Waals surface area contributed by atoms with Gasteiger partial charge in [-0.25, -0.2) is 4.39 Å². The Bertz CT molecular complexity index is 317. The number of unbranched alkanes of at least 4 members (excludes halogenated alkanes) is 3. The molecule has 1 aromatic carbocycles. The minimum atomic E-state index is -0.628. The van der Waals surface area contributed by atoms with E-state index < -0.39 is 6.10 Å². The van der Waals surface area contributed by atoms with Crippen molar-refractivity contribution in [2.24, 2.45) is 0 Å². The molecule has 0 aliphatic carbocycles. The van der Waals surface area contributed by atoms with Crippen LogP contribution in [0.15, 0.2) is 24.3 Å². The van der Waals surface area contributed by atoms with E-state index in [1.807, 2.05) is 0 Å². The Morgan fingerprint density at radius 1 is 1.29 bits per heavy atom. The Morgan fingerprint density at radius 3 is 2.82 bits per heavy atom. The summed E-state index contributed by atoms with van der Waals surface area (Å²) in [6.45, 7) is 3.57. The van der Waals surface area contributed by atoms with Gasteiger partial charge in [0.2, 0.25) is 0 Å². The number of benzene rings is 1. The molecule has 0 amide bonds. The van der Waals surface area contributed by atoms with E-state index in [0.29, 0.717) is 12.1 Å². The van der Waals surface area contributed by atoms with Gasteiger partial charge in [-0.3, -0.25) is 0 Å². The van der Waals surface area contributed by atoms with Gasteiger partial charge in [-0.2, -0.15) is 0 Å². The molecule has 0 radical (unpaired) electrons. The molecule has 0 spiro atoms. The summed E-state index contributed by atoms with van der Waals surface area (Å²) in [7, 11) is 0. The lowest BCUT2D eigenvalue weighted by molar-refractivity contribution is 0.174. The highest BCUT2D eigenvalue weighted by atomic mass is 19.1. The average Bonchev–Trinajstić information content (AvgIpc) is 2.33. The topological polar surface area (TPSA) is 32.3 Å². The number of rotatable bonds is 8. The van der Waals surface area contributed by atoms with E-state index in [1.54, 1.807) is 12.1 Å². The van der Waals surface area contributed by atoms with E-state index in [-0.39, 0.29) is 5.82 Å². The molecule has 2 N–H and O–H groups in total. The normalized spacial score (nSPS) is 12.6. The van der Waals surface area contributed by atoms with Crippen LogP contribution in [0.5, 0.6) is 0 Å². The van der Waals surface area contributed by atoms with Gasteiger partial charge < -0.3 is 10.4 Å². The predicted molar refractivity (Wildman–Crippen MR) is 68.4 cm³/mol. The highest BCUT2D eigenvalue weighted by Crippen LogP contribution is 2.12. The molecule has 96 valence electrons. The van der Waals surface area contributed by atoms with E-state index in [0.717, 1.165) is 13.0 Å². The second-order valence-corrected chi connectivity index (χ2v) is 4.34. The van der Waals surface area contributed by atoms with Crippen molar-refractivity contribution in [3.05, 3.63) is 35.6 Å². The fraction of sp³-hybridized carbons (Fsp3) is 0.571. The first-order valence-electron chi connectivity index (χ1n) is 6.38. The molecule has 0 heterocycles. The minimum absolute atomic E-state index is 0.301. The van der Waals surface area contributed by atoms with E-state index in [2.05, 4.69) is 12.2 Å². The summed E-state index contributed by atoms with van der Waals surface area (Å²) in [5.41, 5.74) is 0.631. The molecule has 2 nitrogen and oxygen atoms in total. The number of hydrogen-bond acceptors (Lipinski definition) is 2. The summed E-state index contributed by atoms with van der Waals surface area (Å²) in [5.74, 6) is -0.301. The van der Waals surface area contributed by atoms with Crippen molar-refractivity contribution < 1.29 is 9.50 Å². The second-order valence-electron chi connectivity index (χ2n) is 4.34. The van der Waals surface area contributed by atoms with Crippen molar-refractivity contribution in [2.45, 2.75) is 38.7 Å². The molecule has 1 aromatic rings. The molecule has 1 unspecified atom stereocenters. The summed E-state index contributed by atoms with van der Waals surface area (Å²) >= 11 is 0. The molecule has 0 aliphatic rings. The van der Waals surface area contributed by atoms with E-state index in [9.17, 15) is 9.50 Å². The van der Waals surface area contributed by atoms with Gasteiger partial charge in [-0.05, 0) is 30.7 Å². The van der Waals surface area contributed by atoms with Gasteiger partial charge in [0.05, 0.1) is 6.10 Å². The zero-order valence-electron chi connectivity index (χ0n) is 10.5. The van der Waals surface area contributed by atoms with Crippen LogP contribution in [-0.2, 0) is 0 Å². The third kappa shape index (κ3) is 5.80. The van der Waals surface area contributed by atoms with Gasteiger partial charge in [-0.15, -0.1) is 0 Å². The predicted octanol–water partition coefficient (Wildman–Crippen LogP) is 3.03. The van der Waals surface area contributed by atoms with E-state index >= 15 is 0 Å². The van der Waals surface area contributed by atoms with E-state index in [4.69, 9.17) is 0 Å². The standard InChI is InChI=1S/C14H22FNO/c1-2-3-4-5-9-16-11-14(17)12-7-6-8-13(15)10-12/h6-8,10,14,16-17H,2-5,9,11H2,1H3. The van der Waals surface area contributed by atoms with Crippen molar-refractivity contribution in [1.82, 2.24) is 5.32 Å². The van der Waals surface area contributed by atoms with E-state index in [1.165, 1.54) is 31.4 Å². The van der Waals surface area contributed by atoms with Crippen LogP contribution >= 0.6 is 0 Å². The number of nitrogens with one attached hydrogen (secondary N) is 1. The molecule has 0 aliphatic heterocycles. The lowest BCUT2D eigenvalue weighted by Gasteiger charge is -2.12. The van der Waals surface area contributed by atoms with Crippen LogP contribution < -0.4 is 5.32 Å². The summed E-state index contributed by atoms with van der Waals surface area (Å²) < 4.78 is 12.9. The maximum atomic E-state index is 12.9. The molecule has 17 heavy (non-hydrogen) atoms. The molecule has 0 saturated heterocycles. The Hall–Kier alpha value is -0.930. The Labute approximate surface area is 103 Å². The van der Waals surface area contributed by atoms with Gasteiger partial charge >= 0.3 is 0 Å². The van der Waals surface area contributed by atoms with Crippen molar-refractivity contribution in [3.8, 4) is 0 Å². The SMILES string of the molecule is CCCCCCNCC(O)c1cccc(F)c1. The maximum Gasteiger partial charge on any atom is 0.123 e. The van der Waals surface area contributed by atoms with Gasteiger partial charge in [-0.1, -0.05) is 38.3 Å². The Kier molecular flexibility index (Phi) is 6.82. The summed E-state index contributed by atoms with van der Waals surface area (Å²) in [6, 6.07) is 6.12. The smallest absolute Gasteiger partial charge is 0.123 e. The average molecular weight is 239 g/mol. The molecular formula is C14H22FNO. The van der Waals surface area contributed by atoms with Gasteiger partial charge in [0.25, 0.3) is 0 Å². The first kappa shape index (κ1) is 14.1. The van der Waals surface area contributed by atoms with Crippen LogP contribution in [0.1, 0.15) is 44.3 Å². The fourth-order valence-electron chi connectivity index (χ4n) is 1.75. The molecule has 0 fully saturated rings. The molecule has 0 aromatic heterocycles. The third-order valence-corrected chi connectivity index (χ3v) is 2.78. The highest BCUT2D eigenvalue weighted by molar-refractivity contribution is 5.18. The van der Waals surface area contributed by atoms with Gasteiger partial charge in [0, 0.05) is 6.54 Å². The van der Waals surface area contributed by atoms with Gasteiger partial charge in [0.1, 0.15) is 5.82 Å². The van der Waals surface area contributed by atoms with Crippen LogP contribution in [0, 0.1) is 5.82 Å². The first-order valence-corrected chi connectivity index (χ1v) is 6.38. The highest BCUT2D eigenvalue weighted by Gasteiger charge is 2.07. The number of halogens is 1. The number of aliphatic hydroxyl groups excluding tert-OH is 1. The molecule has 0 saturated carbocycles. The molecule has 1 rings (SSSR count). The van der Waals surface area contributed by atoms with Crippen LogP contribution in [0.25, 0.3) is 0 Å². The maximum absolute atomic E-state index is 12.9. The van der Waals surface area contributed by atoms with Crippen molar-refractivity contribution in [2.75, 3.05) is 13.1 Å². The molecular weight excluding hydrogens is 217 g/mol. The lowest BCUT2D eigenvalue weighted by atomic mass is 10.1. The zero-order valence-corrected chi connectivity index (χ0v) is 10.5. The summed E-state index contributed by atoms with van der Waals surface area (Å²) in [6.07, 6.45) is 4.21. The van der Waals surface area contributed by atoms with Crippen LogP contribution in [0.2, 0.25) is 0 Å². The lowest BCUT2D eigenvalue weighted by Crippen LogP contribution is -2.22. The van der Waals surface area contributed by atoms with Crippen LogP contribution in [0.4, 0.5) is 4.39 Å². The van der Waals surface area contributed by atoms with Gasteiger partial charge in [0.15, 0.2) is 0 Å². The third-order valence-electron chi connectivity index (χ3n) is 2.78. The molecule has 1 atom stereocenters. The summed E-state index contributed by atoms with van der Waals surface area (Å²) in [4.78, 5) is 0. The van der Waals surface area contributed by atoms with Crippen molar-refractivity contribution in [3.63, 3.8) is 0 Å². The Balaban J connectivity index is 2.19. The quantitative estimate of drug-likeness (QED) is 0.683. The zero-order chi connectivity index (χ0) is 12.5.